The molecule has 198 valence electrons. The molecule has 3 fully saturated rings. The molecule has 5 rings (SSSR count). The van der Waals surface area contributed by atoms with E-state index in [-0.39, 0.29) is 0 Å². The van der Waals surface area contributed by atoms with Gasteiger partial charge in [-0.05, 0) is 76.0 Å². The third kappa shape index (κ3) is 6.43. The molecule has 8 heteroatoms. The second-order valence-corrected chi connectivity index (χ2v) is 11.4. The fraction of sp³-hybridized carbons (Fsp3) is 0.621. The van der Waals surface area contributed by atoms with E-state index in [0.29, 0.717) is 42.8 Å². The van der Waals surface area contributed by atoms with E-state index in [4.69, 9.17) is 26.1 Å². The van der Waals surface area contributed by atoms with Crippen LogP contribution < -0.4 is 5.32 Å². The Morgan fingerprint density at radius 1 is 1.16 bits per heavy atom. The number of nitrogens with one attached hydrogen (secondary N) is 1. The number of morpholine rings is 1. The van der Waals surface area contributed by atoms with Gasteiger partial charge in [0.15, 0.2) is 0 Å². The molecule has 1 atom stereocenters. The Balaban J connectivity index is 1.21. The number of aromatic nitrogens is 2. The van der Waals surface area contributed by atoms with Gasteiger partial charge < -0.3 is 14.8 Å². The lowest BCUT2D eigenvalue weighted by Crippen LogP contribution is -2.50. The molecule has 1 aliphatic carbocycles. The number of rotatable bonds is 7. The van der Waals surface area contributed by atoms with Gasteiger partial charge in [0.2, 0.25) is 0 Å². The van der Waals surface area contributed by atoms with Gasteiger partial charge >= 0.3 is 0 Å². The highest BCUT2D eigenvalue weighted by atomic mass is 35.5. The van der Waals surface area contributed by atoms with Crippen molar-refractivity contribution < 1.29 is 9.47 Å². The minimum Gasteiger partial charge on any atom is -0.381 e. The highest BCUT2D eigenvalue weighted by molar-refractivity contribution is 6.33. The second-order valence-electron chi connectivity index (χ2n) is 11.0. The first kappa shape index (κ1) is 26.4. The molecule has 0 unspecified atom stereocenters. The van der Waals surface area contributed by atoms with Crippen LogP contribution in [0.3, 0.4) is 0 Å². The molecule has 1 N–H and O–H groups in total. The predicted octanol–water partition coefficient (Wildman–Crippen LogP) is 5.35. The number of pyridine rings is 2. The number of halogens is 1. The Kier molecular flexibility index (Phi) is 8.61. The van der Waals surface area contributed by atoms with Crippen LogP contribution in [0.15, 0.2) is 30.5 Å². The van der Waals surface area contributed by atoms with Gasteiger partial charge in [0.1, 0.15) is 5.82 Å². The number of nitriles is 1. The van der Waals surface area contributed by atoms with Crippen LogP contribution in [0, 0.1) is 22.7 Å². The molecule has 0 aromatic carbocycles. The first-order valence-corrected chi connectivity index (χ1v) is 14.1. The summed E-state index contributed by atoms with van der Waals surface area (Å²) in [6.07, 6.45) is 9.19. The van der Waals surface area contributed by atoms with Gasteiger partial charge in [0, 0.05) is 55.8 Å². The number of anilines is 1. The summed E-state index contributed by atoms with van der Waals surface area (Å²) in [5.74, 6) is 1.40. The molecule has 4 heterocycles. The highest BCUT2D eigenvalue weighted by Crippen LogP contribution is 2.34. The standard InChI is InChI=1S/C29H38ClN5O2/c1-21-18-37-14-11-35(21)24-7-5-22(6-8-24)15-23-16-25(26(30)17-32-23)27-3-2-4-28(34-27)33-20-29(19-31)9-12-36-13-10-29/h2-4,16-17,21-22,24H,5-15,18,20H2,1H3,(H,33,34)/t21-,22?,24?/m1/s1. The fourth-order valence-electron chi connectivity index (χ4n) is 6.08. The number of nitrogens with zero attached hydrogens (tertiary/aromatic N) is 4. The predicted molar refractivity (Wildman–Crippen MR) is 146 cm³/mol. The van der Waals surface area contributed by atoms with Crippen LogP contribution in [-0.4, -0.2) is 66.5 Å². The summed E-state index contributed by atoms with van der Waals surface area (Å²) < 4.78 is 11.1. The summed E-state index contributed by atoms with van der Waals surface area (Å²) in [4.78, 5) is 12.2. The second kappa shape index (κ2) is 12.1. The zero-order valence-corrected chi connectivity index (χ0v) is 22.6. The van der Waals surface area contributed by atoms with Crippen LogP contribution in [0.2, 0.25) is 5.02 Å². The van der Waals surface area contributed by atoms with Crippen LogP contribution in [-0.2, 0) is 15.9 Å². The van der Waals surface area contributed by atoms with Gasteiger partial charge in [0.25, 0.3) is 0 Å². The van der Waals surface area contributed by atoms with Gasteiger partial charge in [-0.3, -0.25) is 9.88 Å². The van der Waals surface area contributed by atoms with E-state index >= 15 is 0 Å². The fourth-order valence-corrected chi connectivity index (χ4v) is 6.28. The van der Waals surface area contributed by atoms with Crippen molar-refractivity contribution in [1.29, 1.82) is 5.26 Å². The third-order valence-electron chi connectivity index (χ3n) is 8.43. The maximum absolute atomic E-state index is 9.75. The Morgan fingerprint density at radius 2 is 1.97 bits per heavy atom. The molecule has 3 aliphatic rings. The van der Waals surface area contributed by atoms with Crippen molar-refractivity contribution >= 4 is 17.4 Å². The van der Waals surface area contributed by atoms with E-state index in [0.717, 1.165) is 61.8 Å². The zero-order chi connectivity index (χ0) is 25.7. The first-order valence-electron chi connectivity index (χ1n) is 13.7. The molecule has 7 nitrogen and oxygen atoms in total. The van der Waals surface area contributed by atoms with Crippen LogP contribution >= 0.6 is 11.6 Å². The maximum atomic E-state index is 9.75. The van der Waals surface area contributed by atoms with Crippen molar-refractivity contribution in [3.05, 3.63) is 41.2 Å². The Hall–Kier alpha value is -2.24. The van der Waals surface area contributed by atoms with E-state index in [1.165, 1.54) is 25.7 Å². The highest BCUT2D eigenvalue weighted by Gasteiger charge is 2.33. The monoisotopic (exact) mass is 523 g/mol. The lowest BCUT2D eigenvalue weighted by atomic mass is 9.82. The van der Waals surface area contributed by atoms with E-state index in [1.807, 2.05) is 18.2 Å². The maximum Gasteiger partial charge on any atom is 0.126 e. The van der Waals surface area contributed by atoms with Crippen molar-refractivity contribution in [3.63, 3.8) is 0 Å². The topological polar surface area (TPSA) is 83.3 Å². The summed E-state index contributed by atoms with van der Waals surface area (Å²) in [5, 5.41) is 13.7. The van der Waals surface area contributed by atoms with Gasteiger partial charge in [-0.2, -0.15) is 5.26 Å². The molecule has 0 radical (unpaired) electrons. The molecule has 2 saturated heterocycles. The Bertz CT molecular complexity index is 1090. The van der Waals surface area contributed by atoms with Crippen molar-refractivity contribution in [3.8, 4) is 17.3 Å². The normalized spacial score (nSPS) is 26.4. The summed E-state index contributed by atoms with van der Waals surface area (Å²) in [6.45, 7) is 6.89. The van der Waals surface area contributed by atoms with E-state index < -0.39 is 5.41 Å². The van der Waals surface area contributed by atoms with E-state index in [1.54, 1.807) is 6.20 Å². The largest absolute Gasteiger partial charge is 0.381 e. The molecule has 1 saturated carbocycles. The molecule has 0 bridgehead atoms. The molecular weight excluding hydrogens is 486 g/mol. The van der Waals surface area contributed by atoms with Crippen molar-refractivity contribution in [2.45, 2.75) is 64.0 Å². The molecule has 0 spiro atoms. The van der Waals surface area contributed by atoms with E-state index in [9.17, 15) is 5.26 Å². The molecule has 2 aromatic heterocycles. The summed E-state index contributed by atoms with van der Waals surface area (Å²) >= 11 is 6.59. The smallest absolute Gasteiger partial charge is 0.126 e. The minimum atomic E-state index is -0.407. The number of hydrogen-bond acceptors (Lipinski definition) is 7. The Morgan fingerprint density at radius 3 is 2.73 bits per heavy atom. The Labute approximate surface area is 225 Å². The summed E-state index contributed by atoms with van der Waals surface area (Å²) in [7, 11) is 0. The lowest BCUT2D eigenvalue weighted by molar-refractivity contribution is -0.0320. The van der Waals surface area contributed by atoms with Crippen LogP contribution in [0.1, 0.15) is 51.1 Å². The van der Waals surface area contributed by atoms with Crippen LogP contribution in [0.5, 0.6) is 0 Å². The van der Waals surface area contributed by atoms with Crippen LogP contribution in [0.4, 0.5) is 5.82 Å². The summed E-state index contributed by atoms with van der Waals surface area (Å²) in [6, 6.07) is 11.7. The first-order chi connectivity index (χ1) is 18.0. The SMILES string of the molecule is C[C@@H]1COCCN1C1CCC(Cc2cc(-c3cccc(NCC4(C#N)CCOCC4)n3)c(Cl)cn2)CC1. The van der Waals surface area contributed by atoms with Crippen molar-refractivity contribution in [2.75, 3.05) is 44.8 Å². The van der Waals surface area contributed by atoms with E-state index in [2.05, 4.69) is 34.3 Å². The van der Waals surface area contributed by atoms with Gasteiger partial charge in [0.05, 0.1) is 35.4 Å². The minimum absolute atomic E-state index is 0.407. The third-order valence-corrected chi connectivity index (χ3v) is 8.74. The van der Waals surface area contributed by atoms with Crippen LogP contribution in [0.25, 0.3) is 11.3 Å². The molecule has 0 amide bonds. The van der Waals surface area contributed by atoms with Gasteiger partial charge in [-0.1, -0.05) is 17.7 Å². The lowest BCUT2D eigenvalue weighted by Gasteiger charge is -2.42. The van der Waals surface area contributed by atoms with Gasteiger partial charge in [-0.15, -0.1) is 0 Å². The average Bonchev–Trinajstić information content (AvgIpc) is 2.94. The average molecular weight is 524 g/mol. The summed E-state index contributed by atoms with van der Waals surface area (Å²) in [5.41, 5.74) is 2.40. The molecule has 37 heavy (non-hydrogen) atoms. The van der Waals surface area contributed by atoms with Gasteiger partial charge in [-0.25, -0.2) is 4.98 Å². The number of ether oxygens (including phenoxy) is 2. The number of hydrogen-bond donors (Lipinski definition) is 1. The molecular formula is C29H38ClN5O2. The molecule has 2 aromatic rings. The molecule has 2 aliphatic heterocycles. The van der Waals surface area contributed by atoms with Crippen molar-refractivity contribution in [2.24, 2.45) is 11.3 Å². The zero-order valence-electron chi connectivity index (χ0n) is 21.8. The van der Waals surface area contributed by atoms with Crippen molar-refractivity contribution in [1.82, 2.24) is 14.9 Å². The quantitative estimate of drug-likeness (QED) is 0.523.